The van der Waals surface area contributed by atoms with Crippen molar-refractivity contribution in [2.24, 2.45) is 0 Å². The first kappa shape index (κ1) is 15.6. The van der Waals surface area contributed by atoms with Crippen molar-refractivity contribution >= 4 is 37.7 Å². The Morgan fingerprint density at radius 1 is 0.818 bits per heavy atom. The zero-order valence-corrected chi connectivity index (χ0v) is 14.9. The molecule has 1 aromatic heterocycles. The van der Waals surface area contributed by atoms with Crippen molar-refractivity contribution in [3.63, 3.8) is 0 Å². The number of unbranched alkanes of at least 4 members (excludes halogenated alkanes) is 5. The van der Waals surface area contributed by atoms with E-state index in [0.29, 0.717) is 0 Å². The average molecular weight is 358 g/mol. The highest BCUT2D eigenvalue weighted by Gasteiger charge is 2.09. The molecule has 0 saturated carbocycles. The van der Waals surface area contributed by atoms with Crippen LogP contribution in [-0.2, 0) is 6.54 Å². The largest absolute Gasteiger partial charge is 0.340 e. The van der Waals surface area contributed by atoms with Crippen LogP contribution in [0.4, 0.5) is 0 Å². The Hall–Kier alpha value is -1.28. The number of rotatable bonds is 7. The van der Waals surface area contributed by atoms with E-state index in [-0.39, 0.29) is 0 Å². The Kier molecular flexibility index (Phi) is 5.20. The fourth-order valence-corrected chi connectivity index (χ4v) is 3.68. The van der Waals surface area contributed by atoms with E-state index in [2.05, 4.69) is 69.9 Å². The summed E-state index contributed by atoms with van der Waals surface area (Å²) in [4.78, 5) is 0. The molecule has 0 N–H and O–H groups in total. The number of halogens is 1. The van der Waals surface area contributed by atoms with Crippen molar-refractivity contribution in [1.29, 1.82) is 0 Å². The molecule has 0 unspecified atom stereocenters. The summed E-state index contributed by atoms with van der Waals surface area (Å²) in [7, 11) is 0. The molecule has 0 amide bonds. The summed E-state index contributed by atoms with van der Waals surface area (Å²) in [5.41, 5.74) is 2.72. The molecule has 0 atom stereocenters. The van der Waals surface area contributed by atoms with Crippen molar-refractivity contribution in [2.45, 2.75) is 52.0 Å². The van der Waals surface area contributed by atoms with E-state index in [9.17, 15) is 0 Å². The Balaban J connectivity index is 1.84. The van der Waals surface area contributed by atoms with Crippen LogP contribution in [0.15, 0.2) is 46.9 Å². The van der Waals surface area contributed by atoms with Crippen LogP contribution < -0.4 is 0 Å². The summed E-state index contributed by atoms with van der Waals surface area (Å²) in [5, 5.41) is 2.72. The normalized spacial score (nSPS) is 11.5. The lowest BCUT2D eigenvalue weighted by Crippen LogP contribution is -1.97. The maximum Gasteiger partial charge on any atom is 0.0492 e. The van der Waals surface area contributed by atoms with E-state index >= 15 is 0 Å². The van der Waals surface area contributed by atoms with Crippen LogP contribution in [-0.4, -0.2) is 4.57 Å². The molecule has 2 heteroatoms. The molecule has 0 spiro atoms. The van der Waals surface area contributed by atoms with Crippen molar-refractivity contribution in [1.82, 2.24) is 4.57 Å². The molecule has 0 fully saturated rings. The van der Waals surface area contributed by atoms with Crippen LogP contribution in [0, 0.1) is 0 Å². The Morgan fingerprint density at radius 2 is 1.55 bits per heavy atom. The summed E-state index contributed by atoms with van der Waals surface area (Å²) < 4.78 is 3.65. The van der Waals surface area contributed by atoms with Crippen molar-refractivity contribution < 1.29 is 0 Å². The molecule has 0 aliphatic heterocycles. The van der Waals surface area contributed by atoms with Gasteiger partial charge < -0.3 is 4.57 Å². The maximum absolute atomic E-state index is 3.61. The fraction of sp³-hybridized carbons (Fsp3) is 0.400. The standard InChI is InChI=1S/C20H24BrN/c1-2-3-4-5-6-9-14-22-19-11-8-7-10-17(19)18-15-16(21)12-13-20(18)22/h7-8,10-13,15H,2-6,9,14H2,1H3. The number of fused-ring (bicyclic) bond motifs is 3. The summed E-state index contributed by atoms with van der Waals surface area (Å²) in [6.45, 7) is 3.40. The second kappa shape index (κ2) is 7.32. The third kappa shape index (κ3) is 3.22. The molecular formula is C20H24BrN. The molecule has 1 nitrogen and oxygen atoms in total. The topological polar surface area (TPSA) is 4.93 Å². The molecule has 1 heterocycles. The number of nitrogens with zero attached hydrogens (tertiary/aromatic N) is 1. The first-order chi connectivity index (χ1) is 10.8. The summed E-state index contributed by atoms with van der Waals surface area (Å²) in [6.07, 6.45) is 8.07. The number of para-hydroxylation sites is 1. The first-order valence-corrected chi connectivity index (χ1v) is 9.27. The monoisotopic (exact) mass is 357 g/mol. The van der Waals surface area contributed by atoms with Crippen LogP contribution in [0.3, 0.4) is 0 Å². The number of hydrogen-bond acceptors (Lipinski definition) is 0. The summed E-state index contributed by atoms with van der Waals surface area (Å²) in [5.74, 6) is 0. The predicted octanol–water partition coefficient (Wildman–Crippen LogP) is 6.92. The molecule has 3 aromatic rings. The van der Waals surface area contributed by atoms with Crippen LogP contribution >= 0.6 is 15.9 Å². The molecule has 0 aliphatic rings. The summed E-state index contributed by atoms with van der Waals surface area (Å²) in [6, 6.07) is 15.4. The van der Waals surface area contributed by atoms with E-state index < -0.39 is 0 Å². The molecule has 0 bridgehead atoms. The highest BCUT2D eigenvalue weighted by Crippen LogP contribution is 2.31. The van der Waals surface area contributed by atoms with E-state index in [1.54, 1.807) is 0 Å². The summed E-state index contributed by atoms with van der Waals surface area (Å²) >= 11 is 3.61. The minimum Gasteiger partial charge on any atom is -0.340 e. The maximum atomic E-state index is 3.61. The molecule has 0 aliphatic carbocycles. The van der Waals surface area contributed by atoms with Gasteiger partial charge in [-0.1, -0.05) is 73.2 Å². The lowest BCUT2D eigenvalue weighted by Gasteiger charge is -2.07. The number of benzene rings is 2. The van der Waals surface area contributed by atoms with E-state index in [1.165, 1.54) is 60.3 Å². The molecule has 116 valence electrons. The van der Waals surface area contributed by atoms with Gasteiger partial charge in [-0.25, -0.2) is 0 Å². The second-order valence-electron chi connectivity index (χ2n) is 6.10. The number of aromatic nitrogens is 1. The lowest BCUT2D eigenvalue weighted by molar-refractivity contribution is 0.571. The van der Waals surface area contributed by atoms with Crippen LogP contribution in [0.5, 0.6) is 0 Å². The van der Waals surface area contributed by atoms with Crippen LogP contribution in [0.25, 0.3) is 21.8 Å². The third-order valence-corrected chi connectivity index (χ3v) is 4.96. The average Bonchev–Trinajstić information content (AvgIpc) is 2.84. The molecule has 0 radical (unpaired) electrons. The van der Waals surface area contributed by atoms with Gasteiger partial charge in [-0.2, -0.15) is 0 Å². The van der Waals surface area contributed by atoms with Gasteiger partial charge in [0.1, 0.15) is 0 Å². The highest BCUT2D eigenvalue weighted by molar-refractivity contribution is 9.10. The highest BCUT2D eigenvalue weighted by atomic mass is 79.9. The minimum atomic E-state index is 1.12. The molecule has 0 saturated heterocycles. The first-order valence-electron chi connectivity index (χ1n) is 8.47. The molecule has 3 rings (SSSR count). The molecule has 2 aromatic carbocycles. The van der Waals surface area contributed by atoms with Gasteiger partial charge in [0.05, 0.1) is 0 Å². The van der Waals surface area contributed by atoms with Gasteiger partial charge >= 0.3 is 0 Å². The lowest BCUT2D eigenvalue weighted by atomic mass is 10.1. The van der Waals surface area contributed by atoms with Gasteiger partial charge in [0.15, 0.2) is 0 Å². The van der Waals surface area contributed by atoms with Crippen LogP contribution in [0.2, 0.25) is 0 Å². The SMILES string of the molecule is CCCCCCCCn1c2ccccc2c2cc(Br)ccc21. The third-order valence-electron chi connectivity index (χ3n) is 4.47. The van der Waals surface area contributed by atoms with Crippen molar-refractivity contribution in [2.75, 3.05) is 0 Å². The quantitative estimate of drug-likeness (QED) is 0.404. The smallest absolute Gasteiger partial charge is 0.0492 e. The number of hydrogen-bond donors (Lipinski definition) is 0. The Morgan fingerprint density at radius 3 is 2.41 bits per heavy atom. The zero-order valence-electron chi connectivity index (χ0n) is 13.3. The van der Waals surface area contributed by atoms with Gasteiger partial charge in [0.2, 0.25) is 0 Å². The second-order valence-corrected chi connectivity index (χ2v) is 7.01. The van der Waals surface area contributed by atoms with Gasteiger partial charge in [0, 0.05) is 32.8 Å². The van der Waals surface area contributed by atoms with Gasteiger partial charge in [-0.15, -0.1) is 0 Å². The molecular weight excluding hydrogens is 334 g/mol. The van der Waals surface area contributed by atoms with Gasteiger partial charge in [0.25, 0.3) is 0 Å². The van der Waals surface area contributed by atoms with E-state index in [0.717, 1.165) is 11.0 Å². The predicted molar refractivity (Wildman–Crippen MR) is 101 cm³/mol. The number of aryl methyl sites for hydroxylation is 1. The fourth-order valence-electron chi connectivity index (χ4n) is 3.32. The minimum absolute atomic E-state index is 1.12. The Labute approximate surface area is 141 Å². The van der Waals surface area contributed by atoms with Gasteiger partial charge in [-0.3, -0.25) is 0 Å². The van der Waals surface area contributed by atoms with Crippen molar-refractivity contribution in [3.05, 3.63) is 46.9 Å². The van der Waals surface area contributed by atoms with E-state index in [4.69, 9.17) is 0 Å². The van der Waals surface area contributed by atoms with Crippen LogP contribution in [0.1, 0.15) is 45.4 Å². The Bertz CT molecular complexity index is 757. The van der Waals surface area contributed by atoms with Crippen molar-refractivity contribution in [3.8, 4) is 0 Å². The van der Waals surface area contributed by atoms with Gasteiger partial charge in [-0.05, 0) is 30.7 Å². The zero-order chi connectivity index (χ0) is 15.4. The van der Waals surface area contributed by atoms with E-state index in [1.807, 2.05) is 0 Å². The molecule has 22 heavy (non-hydrogen) atoms.